The van der Waals surface area contributed by atoms with Gasteiger partial charge in [0.2, 0.25) is 0 Å². The van der Waals surface area contributed by atoms with E-state index >= 15 is 0 Å². The van der Waals surface area contributed by atoms with Gasteiger partial charge in [-0.2, -0.15) is 0 Å². The van der Waals surface area contributed by atoms with E-state index in [9.17, 15) is 0 Å². The highest BCUT2D eigenvalue weighted by Crippen LogP contribution is 2.60. The van der Waals surface area contributed by atoms with Crippen LogP contribution in [0.5, 0.6) is 0 Å². The highest BCUT2D eigenvalue weighted by Gasteiger charge is 2.47. The van der Waals surface area contributed by atoms with Gasteiger partial charge < -0.3 is 9.80 Å². The fourth-order valence-corrected chi connectivity index (χ4v) is 11.9. The maximum atomic E-state index is 2.57. The molecule has 322 valence electrons. The lowest BCUT2D eigenvalue weighted by molar-refractivity contribution is 0.632. The summed E-state index contributed by atoms with van der Waals surface area (Å²) in [7, 11) is 0. The van der Waals surface area contributed by atoms with Gasteiger partial charge in [0.05, 0.1) is 28.2 Å². The summed E-state index contributed by atoms with van der Waals surface area (Å²) in [5, 5.41) is 4.88. The second-order valence-corrected chi connectivity index (χ2v) is 18.8. The summed E-state index contributed by atoms with van der Waals surface area (Å²) in [5.74, 6) is 0. The smallest absolute Gasteiger partial charge is 0.0714 e. The van der Waals surface area contributed by atoms with E-state index in [2.05, 4.69) is 278 Å². The molecular formula is C66H48N2. The van der Waals surface area contributed by atoms with Gasteiger partial charge in [-0.05, 0) is 109 Å². The number of anilines is 6. The van der Waals surface area contributed by atoms with E-state index in [0.29, 0.717) is 0 Å². The number of benzene rings is 11. The molecule has 0 saturated carbocycles. The van der Waals surface area contributed by atoms with E-state index in [1.54, 1.807) is 0 Å². The molecule has 11 aromatic carbocycles. The topological polar surface area (TPSA) is 6.48 Å². The predicted octanol–water partition coefficient (Wildman–Crippen LogP) is 17.6. The van der Waals surface area contributed by atoms with Crippen molar-refractivity contribution < 1.29 is 0 Å². The highest BCUT2D eigenvalue weighted by molar-refractivity contribution is 6.09. The van der Waals surface area contributed by atoms with Crippen molar-refractivity contribution in [2.45, 2.75) is 24.7 Å². The molecule has 0 aromatic heterocycles. The van der Waals surface area contributed by atoms with Crippen molar-refractivity contribution >= 4 is 55.7 Å². The standard InChI is InChI=1S/C66H48N2/c1-65(2)58-33-18-19-34-60(58)68(64-53-30-15-14-22-46(53)39-41-54(64)48-38-37-45-21-12-13-23-47(45)43-48)62-36-20-35-61(63(62)65)67(51-28-10-5-11-29-51)52-40-42-56-55-31-16-17-32-57(55)66(59(56)44-52,49-24-6-3-7-25-49)50-26-8-4-9-27-50/h3-44H,1-2H3. The summed E-state index contributed by atoms with van der Waals surface area (Å²) in [6, 6.07) is 94.5. The van der Waals surface area contributed by atoms with Gasteiger partial charge in [0.1, 0.15) is 0 Å². The number of hydrogen-bond donors (Lipinski definition) is 0. The first-order valence-electron chi connectivity index (χ1n) is 23.8. The molecule has 0 radical (unpaired) electrons. The summed E-state index contributed by atoms with van der Waals surface area (Å²) in [6.45, 7) is 4.83. The minimum atomic E-state index is -0.536. The Kier molecular flexibility index (Phi) is 9.13. The summed E-state index contributed by atoms with van der Waals surface area (Å²) in [6.07, 6.45) is 0. The van der Waals surface area contributed by atoms with E-state index in [1.807, 2.05) is 0 Å². The molecule has 0 amide bonds. The molecule has 13 rings (SSSR count). The number of fused-ring (bicyclic) bond motifs is 7. The summed E-state index contributed by atoms with van der Waals surface area (Å²) in [4.78, 5) is 5.09. The average Bonchev–Trinajstić information content (AvgIpc) is 3.70. The zero-order valence-corrected chi connectivity index (χ0v) is 38.1. The molecule has 1 heterocycles. The van der Waals surface area contributed by atoms with Gasteiger partial charge in [-0.15, -0.1) is 0 Å². The summed E-state index contributed by atoms with van der Waals surface area (Å²) in [5.41, 5.74) is 18.5. The molecule has 2 nitrogen and oxygen atoms in total. The third-order valence-electron chi connectivity index (χ3n) is 14.8. The van der Waals surface area contributed by atoms with E-state index in [4.69, 9.17) is 0 Å². The highest BCUT2D eigenvalue weighted by atomic mass is 15.2. The van der Waals surface area contributed by atoms with Crippen molar-refractivity contribution in [2.24, 2.45) is 0 Å². The van der Waals surface area contributed by atoms with Gasteiger partial charge in [-0.3, -0.25) is 0 Å². The van der Waals surface area contributed by atoms with E-state index in [1.165, 1.54) is 94.2 Å². The molecule has 0 N–H and O–H groups in total. The molecule has 0 atom stereocenters. The Morgan fingerprint density at radius 1 is 0.368 bits per heavy atom. The van der Waals surface area contributed by atoms with Crippen molar-refractivity contribution in [2.75, 3.05) is 9.80 Å². The first-order chi connectivity index (χ1) is 33.5. The first-order valence-corrected chi connectivity index (χ1v) is 23.8. The molecule has 11 aromatic rings. The van der Waals surface area contributed by atoms with E-state index in [-0.39, 0.29) is 0 Å². The predicted molar refractivity (Wildman–Crippen MR) is 286 cm³/mol. The Morgan fingerprint density at radius 3 is 1.71 bits per heavy atom. The summed E-state index contributed by atoms with van der Waals surface area (Å²) < 4.78 is 0. The van der Waals surface area contributed by atoms with Crippen LogP contribution in [0.25, 0.3) is 43.8 Å². The molecule has 0 spiro atoms. The molecule has 0 unspecified atom stereocenters. The van der Waals surface area contributed by atoms with Gasteiger partial charge in [0.15, 0.2) is 0 Å². The number of para-hydroxylation sites is 2. The van der Waals surface area contributed by atoms with Crippen LogP contribution < -0.4 is 9.80 Å². The van der Waals surface area contributed by atoms with E-state index in [0.717, 1.165) is 17.1 Å². The minimum Gasteiger partial charge on any atom is -0.310 e. The zero-order valence-electron chi connectivity index (χ0n) is 38.1. The van der Waals surface area contributed by atoms with Gasteiger partial charge in [-0.25, -0.2) is 0 Å². The van der Waals surface area contributed by atoms with Crippen LogP contribution >= 0.6 is 0 Å². The molecule has 0 fully saturated rings. The molecule has 2 aliphatic rings. The maximum Gasteiger partial charge on any atom is 0.0714 e. The lowest BCUT2D eigenvalue weighted by Gasteiger charge is -2.45. The Morgan fingerprint density at radius 2 is 0.941 bits per heavy atom. The molecule has 0 bridgehead atoms. The van der Waals surface area contributed by atoms with Crippen LogP contribution in [-0.4, -0.2) is 0 Å². The van der Waals surface area contributed by atoms with Crippen molar-refractivity contribution in [1.29, 1.82) is 0 Å². The molecule has 1 aliphatic heterocycles. The molecule has 68 heavy (non-hydrogen) atoms. The Balaban J connectivity index is 1.09. The van der Waals surface area contributed by atoms with Gasteiger partial charge in [0.25, 0.3) is 0 Å². The number of rotatable bonds is 7. The lowest BCUT2D eigenvalue weighted by atomic mass is 9.67. The Labute approximate surface area is 398 Å². The zero-order chi connectivity index (χ0) is 45.4. The van der Waals surface area contributed by atoms with Crippen LogP contribution in [0.2, 0.25) is 0 Å². The number of nitrogens with zero attached hydrogens (tertiary/aromatic N) is 2. The molecule has 2 heteroatoms. The van der Waals surface area contributed by atoms with E-state index < -0.39 is 10.8 Å². The van der Waals surface area contributed by atoms with Crippen LogP contribution in [0.4, 0.5) is 34.1 Å². The fourth-order valence-electron chi connectivity index (χ4n) is 11.9. The quantitative estimate of drug-likeness (QED) is 0.157. The Hall–Kier alpha value is -8.46. The largest absolute Gasteiger partial charge is 0.310 e. The normalized spacial score (nSPS) is 13.9. The van der Waals surface area contributed by atoms with Crippen molar-refractivity contribution in [3.05, 3.63) is 288 Å². The number of hydrogen-bond acceptors (Lipinski definition) is 2. The molecule has 0 saturated heterocycles. The SMILES string of the molecule is CC1(C)c2ccccc2N(c2c(-c3ccc4ccccc4c3)ccc3ccccc23)c2cccc(N(c3ccccc3)c3ccc4c(c3)C(c3ccccc3)(c3ccccc3)c3ccccc3-4)c21. The second kappa shape index (κ2) is 15.6. The maximum absolute atomic E-state index is 2.57. The molecular weight excluding hydrogens is 821 g/mol. The van der Waals surface area contributed by atoms with Crippen LogP contribution in [0.1, 0.15) is 47.2 Å². The first kappa shape index (κ1) is 39.9. The van der Waals surface area contributed by atoms with Crippen LogP contribution in [0, 0.1) is 0 Å². The van der Waals surface area contributed by atoms with Crippen molar-refractivity contribution in [3.8, 4) is 22.3 Å². The molecule has 1 aliphatic carbocycles. The minimum absolute atomic E-state index is 0.398. The summed E-state index contributed by atoms with van der Waals surface area (Å²) >= 11 is 0. The van der Waals surface area contributed by atoms with Crippen molar-refractivity contribution in [3.63, 3.8) is 0 Å². The monoisotopic (exact) mass is 868 g/mol. The fraction of sp³-hybridized carbons (Fsp3) is 0.0606. The van der Waals surface area contributed by atoms with Crippen LogP contribution in [0.3, 0.4) is 0 Å². The third kappa shape index (κ3) is 5.90. The average molecular weight is 869 g/mol. The van der Waals surface area contributed by atoms with Crippen LogP contribution in [0.15, 0.2) is 255 Å². The Bertz CT molecular complexity index is 3680. The van der Waals surface area contributed by atoms with Crippen LogP contribution in [-0.2, 0) is 10.8 Å². The second-order valence-electron chi connectivity index (χ2n) is 18.8. The van der Waals surface area contributed by atoms with Gasteiger partial charge in [0, 0.05) is 33.3 Å². The van der Waals surface area contributed by atoms with Crippen molar-refractivity contribution in [1.82, 2.24) is 0 Å². The lowest BCUT2D eigenvalue weighted by Crippen LogP contribution is -2.33. The third-order valence-corrected chi connectivity index (χ3v) is 14.8. The van der Waals surface area contributed by atoms with Gasteiger partial charge in [-0.1, -0.05) is 220 Å². The van der Waals surface area contributed by atoms with Gasteiger partial charge >= 0.3 is 0 Å².